The first-order valence-corrected chi connectivity index (χ1v) is 4.74. The van der Waals surface area contributed by atoms with Crippen LogP contribution in [0.2, 0.25) is 0 Å². The van der Waals surface area contributed by atoms with Crippen molar-refractivity contribution in [2.24, 2.45) is 0 Å². The van der Waals surface area contributed by atoms with Gasteiger partial charge >= 0.3 is 0 Å². The molecule has 0 fully saturated rings. The van der Waals surface area contributed by atoms with E-state index in [-0.39, 0.29) is 5.75 Å². The topological polar surface area (TPSA) is 49.7 Å². The molecule has 1 aliphatic rings. The van der Waals surface area contributed by atoms with E-state index in [1.165, 1.54) is 0 Å². The van der Waals surface area contributed by atoms with Crippen LogP contribution in [0.4, 0.5) is 0 Å². The summed E-state index contributed by atoms with van der Waals surface area (Å²) in [5.41, 5.74) is 0.192. The molecule has 0 saturated heterocycles. The molecular formula is C11H14O3. The highest BCUT2D eigenvalue weighted by Crippen LogP contribution is 2.30. The molecule has 0 spiro atoms. The second-order valence-corrected chi connectivity index (χ2v) is 4.08. The van der Waals surface area contributed by atoms with Crippen LogP contribution in [-0.2, 0) is 6.42 Å². The van der Waals surface area contributed by atoms with Gasteiger partial charge in [-0.2, -0.15) is 0 Å². The van der Waals surface area contributed by atoms with Gasteiger partial charge in [0.25, 0.3) is 0 Å². The number of hydrogen-bond donors (Lipinski definition) is 2. The predicted molar refractivity (Wildman–Crippen MR) is 52.5 cm³/mol. The van der Waals surface area contributed by atoms with Crippen LogP contribution in [-0.4, -0.2) is 22.4 Å². The van der Waals surface area contributed by atoms with Gasteiger partial charge in [0.2, 0.25) is 0 Å². The van der Waals surface area contributed by atoms with Gasteiger partial charge in [0.15, 0.2) is 0 Å². The highest BCUT2D eigenvalue weighted by molar-refractivity contribution is 5.40. The van der Waals surface area contributed by atoms with Crippen molar-refractivity contribution in [1.82, 2.24) is 0 Å². The molecule has 3 heteroatoms. The van der Waals surface area contributed by atoms with E-state index in [4.69, 9.17) is 4.74 Å². The molecule has 1 aliphatic heterocycles. The van der Waals surface area contributed by atoms with E-state index in [0.29, 0.717) is 13.0 Å². The van der Waals surface area contributed by atoms with E-state index in [1.54, 1.807) is 25.1 Å². The van der Waals surface area contributed by atoms with Gasteiger partial charge in [-0.05, 0) is 43.5 Å². The number of aliphatic hydroxyl groups is 1. The zero-order valence-corrected chi connectivity index (χ0v) is 8.16. The summed E-state index contributed by atoms with van der Waals surface area (Å²) in [4.78, 5) is 0. The average Bonchev–Trinajstić information content (AvgIpc) is 2.26. The van der Waals surface area contributed by atoms with Crippen molar-refractivity contribution in [3.8, 4) is 11.5 Å². The summed E-state index contributed by atoms with van der Waals surface area (Å²) < 4.78 is 5.46. The van der Waals surface area contributed by atoms with Crippen LogP contribution in [0.25, 0.3) is 0 Å². The van der Waals surface area contributed by atoms with E-state index in [1.807, 2.05) is 0 Å². The van der Waals surface area contributed by atoms with Gasteiger partial charge in [0, 0.05) is 0 Å². The van der Waals surface area contributed by atoms with Gasteiger partial charge < -0.3 is 14.9 Å². The van der Waals surface area contributed by atoms with Crippen molar-refractivity contribution < 1.29 is 14.9 Å². The van der Waals surface area contributed by atoms with Crippen molar-refractivity contribution in [3.63, 3.8) is 0 Å². The third-order valence-electron chi connectivity index (χ3n) is 2.52. The lowest BCUT2D eigenvalue weighted by molar-refractivity contribution is 0.0104. The summed E-state index contributed by atoms with van der Waals surface area (Å²) in [7, 11) is 0. The fourth-order valence-electron chi connectivity index (χ4n) is 1.61. The maximum atomic E-state index is 9.81. The molecule has 0 aliphatic carbocycles. The Balaban J connectivity index is 2.30. The first-order chi connectivity index (χ1) is 6.57. The number of fused-ring (bicyclic) bond motifs is 1. The highest BCUT2D eigenvalue weighted by atomic mass is 16.5. The zero-order chi connectivity index (χ0) is 10.2. The van der Waals surface area contributed by atoms with E-state index < -0.39 is 5.60 Å². The van der Waals surface area contributed by atoms with Gasteiger partial charge in [-0.1, -0.05) is 0 Å². The van der Waals surface area contributed by atoms with Crippen molar-refractivity contribution in [1.29, 1.82) is 0 Å². The molecule has 3 nitrogen and oxygen atoms in total. The largest absolute Gasteiger partial charge is 0.508 e. The smallest absolute Gasteiger partial charge is 0.122 e. The van der Waals surface area contributed by atoms with Crippen LogP contribution in [0.1, 0.15) is 18.9 Å². The van der Waals surface area contributed by atoms with Crippen molar-refractivity contribution in [2.45, 2.75) is 25.4 Å². The molecule has 0 saturated carbocycles. The lowest BCUT2D eigenvalue weighted by atomic mass is 9.99. The average molecular weight is 194 g/mol. The fraction of sp³-hybridized carbons (Fsp3) is 0.455. The minimum atomic E-state index is -0.769. The molecule has 2 N–H and O–H groups in total. The molecule has 14 heavy (non-hydrogen) atoms. The highest BCUT2D eigenvalue weighted by Gasteiger charge is 2.25. The first-order valence-electron chi connectivity index (χ1n) is 4.74. The van der Waals surface area contributed by atoms with Crippen LogP contribution >= 0.6 is 0 Å². The third-order valence-corrected chi connectivity index (χ3v) is 2.52. The monoisotopic (exact) mass is 194 g/mol. The van der Waals surface area contributed by atoms with Crippen LogP contribution in [0.15, 0.2) is 18.2 Å². The molecule has 76 valence electrons. The zero-order valence-electron chi connectivity index (χ0n) is 8.16. The molecule has 2 rings (SSSR count). The number of hydrogen-bond acceptors (Lipinski definition) is 3. The van der Waals surface area contributed by atoms with E-state index in [9.17, 15) is 10.2 Å². The Morgan fingerprint density at radius 3 is 3.00 bits per heavy atom. The standard InChI is InChI=1S/C11H14O3/c1-11(13)5-4-8-6-9(12)2-3-10(8)14-7-11/h2-3,6,12-13H,4-5,7H2,1H3. The van der Waals surface area contributed by atoms with Crippen molar-refractivity contribution in [2.75, 3.05) is 6.61 Å². The summed E-state index contributed by atoms with van der Waals surface area (Å²) >= 11 is 0. The molecular weight excluding hydrogens is 180 g/mol. The summed E-state index contributed by atoms with van der Waals surface area (Å²) in [6, 6.07) is 5.03. The Morgan fingerprint density at radius 2 is 2.21 bits per heavy atom. The molecule has 0 amide bonds. The van der Waals surface area contributed by atoms with E-state index in [0.717, 1.165) is 17.7 Å². The summed E-state index contributed by atoms with van der Waals surface area (Å²) in [5, 5.41) is 19.1. The number of aryl methyl sites for hydroxylation is 1. The Bertz CT molecular complexity index is 344. The van der Waals surface area contributed by atoms with E-state index in [2.05, 4.69) is 0 Å². The minimum Gasteiger partial charge on any atom is -0.508 e. The van der Waals surface area contributed by atoms with Gasteiger partial charge in [-0.25, -0.2) is 0 Å². The molecule has 0 bridgehead atoms. The van der Waals surface area contributed by atoms with Crippen LogP contribution < -0.4 is 4.74 Å². The maximum Gasteiger partial charge on any atom is 0.122 e. The lowest BCUT2D eigenvalue weighted by Gasteiger charge is -2.19. The number of phenolic OH excluding ortho intramolecular Hbond substituents is 1. The first kappa shape index (κ1) is 9.34. The van der Waals surface area contributed by atoms with Gasteiger partial charge in [0.1, 0.15) is 18.1 Å². The molecule has 1 atom stereocenters. The lowest BCUT2D eigenvalue weighted by Crippen LogP contribution is -2.31. The number of phenols is 1. The Kier molecular flexibility index (Phi) is 2.11. The summed E-state index contributed by atoms with van der Waals surface area (Å²) in [6.45, 7) is 2.07. The molecule has 1 heterocycles. The Hall–Kier alpha value is -1.22. The SMILES string of the molecule is CC1(O)CCc2cc(O)ccc2OC1. The second-order valence-electron chi connectivity index (χ2n) is 4.08. The predicted octanol–water partition coefficient (Wildman–Crippen LogP) is 1.47. The Morgan fingerprint density at radius 1 is 1.43 bits per heavy atom. The molecule has 0 radical (unpaired) electrons. The summed E-state index contributed by atoms with van der Waals surface area (Å²) in [6.07, 6.45) is 1.39. The summed E-state index contributed by atoms with van der Waals surface area (Å²) in [5.74, 6) is 1.01. The van der Waals surface area contributed by atoms with Gasteiger partial charge in [0.05, 0.1) is 5.60 Å². The molecule has 1 unspecified atom stereocenters. The minimum absolute atomic E-state index is 0.244. The number of rotatable bonds is 0. The number of aromatic hydroxyl groups is 1. The van der Waals surface area contributed by atoms with Crippen LogP contribution in [0, 0.1) is 0 Å². The quantitative estimate of drug-likeness (QED) is 0.657. The molecule has 0 aromatic heterocycles. The number of ether oxygens (including phenoxy) is 1. The Labute approximate surface area is 83.0 Å². The van der Waals surface area contributed by atoms with Crippen LogP contribution in [0.5, 0.6) is 11.5 Å². The number of benzene rings is 1. The second kappa shape index (κ2) is 3.17. The van der Waals surface area contributed by atoms with Gasteiger partial charge in [-0.15, -0.1) is 0 Å². The maximum absolute atomic E-state index is 9.81. The van der Waals surface area contributed by atoms with Crippen molar-refractivity contribution in [3.05, 3.63) is 23.8 Å². The fourth-order valence-corrected chi connectivity index (χ4v) is 1.61. The molecule has 1 aromatic carbocycles. The van der Waals surface area contributed by atoms with Gasteiger partial charge in [-0.3, -0.25) is 0 Å². The third kappa shape index (κ3) is 1.82. The normalized spacial score (nSPS) is 26.1. The van der Waals surface area contributed by atoms with E-state index >= 15 is 0 Å². The molecule has 1 aromatic rings. The van der Waals surface area contributed by atoms with Crippen LogP contribution in [0.3, 0.4) is 0 Å². The van der Waals surface area contributed by atoms with Crippen molar-refractivity contribution >= 4 is 0 Å².